The average Bonchev–Trinajstić information content (AvgIpc) is 3.40. The minimum atomic E-state index is -4.72. The molecular weight excluding hydrogens is 421 g/mol. The average molecular weight is 440 g/mol. The minimum Gasteiger partial charge on any atom is -0.493 e. The first-order valence-electron chi connectivity index (χ1n) is 9.08. The summed E-state index contributed by atoms with van der Waals surface area (Å²) in [7, 11) is 4.65. The maximum atomic E-state index is 12.6. The van der Waals surface area contributed by atoms with Crippen LogP contribution in [0.2, 0.25) is 0 Å². The molecule has 2 heterocycles. The smallest absolute Gasteiger partial charge is 0.471 e. The third-order valence-corrected chi connectivity index (χ3v) is 4.10. The highest BCUT2D eigenvalue weighted by molar-refractivity contribution is 5.91. The van der Waals surface area contributed by atoms with Crippen molar-refractivity contribution in [2.75, 3.05) is 27.8 Å². The van der Waals surface area contributed by atoms with E-state index in [4.69, 9.17) is 14.0 Å². The van der Waals surface area contributed by atoms with Crippen molar-refractivity contribution in [2.24, 2.45) is 0 Å². The molecular formula is C19H19F3N4O5. The molecule has 0 bridgehead atoms. The second-order valence-corrected chi connectivity index (χ2v) is 6.62. The standard InChI is InChI=1S/C19H19F3N4O5/c1-26(2)17(27)13-10-12(30-24-13)5-4-8-29-14-7-6-11(9-15(14)28-3)16-23-18(31-25-16)19(20,21)22/h6-7,9-10H,4-5,8H2,1-3H3. The Labute approximate surface area is 174 Å². The quantitative estimate of drug-likeness (QED) is 0.491. The van der Waals surface area contributed by atoms with Gasteiger partial charge in [-0.15, -0.1) is 0 Å². The van der Waals surface area contributed by atoms with Crippen LogP contribution in [0.1, 0.15) is 28.6 Å². The van der Waals surface area contributed by atoms with Gasteiger partial charge in [0.25, 0.3) is 5.91 Å². The van der Waals surface area contributed by atoms with Gasteiger partial charge < -0.3 is 23.4 Å². The number of aromatic nitrogens is 3. The lowest BCUT2D eigenvalue weighted by Crippen LogP contribution is -2.21. The van der Waals surface area contributed by atoms with Crippen LogP contribution in [0, 0.1) is 0 Å². The van der Waals surface area contributed by atoms with Crippen molar-refractivity contribution in [2.45, 2.75) is 19.0 Å². The van der Waals surface area contributed by atoms with Crippen molar-refractivity contribution >= 4 is 5.91 Å². The molecule has 0 aliphatic heterocycles. The third kappa shape index (κ3) is 5.32. The summed E-state index contributed by atoms with van der Waals surface area (Å²) in [4.78, 5) is 16.6. The van der Waals surface area contributed by atoms with Crippen LogP contribution in [-0.2, 0) is 12.6 Å². The molecule has 166 valence electrons. The fourth-order valence-electron chi connectivity index (χ4n) is 2.57. The minimum absolute atomic E-state index is 0.217. The molecule has 3 aromatic rings. The van der Waals surface area contributed by atoms with Crippen molar-refractivity contribution < 1.29 is 36.5 Å². The lowest BCUT2D eigenvalue weighted by atomic mass is 10.2. The number of methoxy groups -OCH3 is 1. The molecule has 0 aliphatic rings. The Bertz CT molecular complexity index is 1050. The van der Waals surface area contributed by atoms with Crippen molar-refractivity contribution in [1.82, 2.24) is 20.2 Å². The highest BCUT2D eigenvalue weighted by Gasteiger charge is 2.38. The topological polar surface area (TPSA) is 104 Å². The van der Waals surface area contributed by atoms with E-state index in [0.29, 0.717) is 36.7 Å². The van der Waals surface area contributed by atoms with Crippen molar-refractivity contribution in [3.05, 3.63) is 41.6 Å². The van der Waals surface area contributed by atoms with E-state index in [1.165, 1.54) is 24.1 Å². The van der Waals surface area contributed by atoms with Gasteiger partial charge in [-0.2, -0.15) is 18.2 Å². The summed E-state index contributed by atoms with van der Waals surface area (Å²) in [5.74, 6) is -0.648. The zero-order chi connectivity index (χ0) is 22.6. The van der Waals surface area contributed by atoms with Crippen LogP contribution in [0.5, 0.6) is 11.5 Å². The van der Waals surface area contributed by atoms with Gasteiger partial charge in [0.2, 0.25) is 5.82 Å². The predicted octanol–water partition coefficient (Wildman–Crippen LogP) is 3.47. The van der Waals surface area contributed by atoms with Gasteiger partial charge in [-0.1, -0.05) is 10.3 Å². The Kier molecular flexibility index (Phi) is 6.47. The van der Waals surface area contributed by atoms with Crippen LogP contribution in [0.3, 0.4) is 0 Å². The van der Waals surface area contributed by atoms with Gasteiger partial charge in [0.1, 0.15) is 5.76 Å². The second kappa shape index (κ2) is 9.06. The lowest BCUT2D eigenvalue weighted by Gasteiger charge is -2.11. The number of alkyl halides is 3. The van der Waals surface area contributed by atoms with Crippen LogP contribution in [0.15, 0.2) is 33.3 Å². The zero-order valence-electron chi connectivity index (χ0n) is 16.9. The van der Waals surface area contributed by atoms with E-state index in [1.807, 2.05) is 0 Å². The third-order valence-electron chi connectivity index (χ3n) is 4.10. The largest absolute Gasteiger partial charge is 0.493 e. The summed E-state index contributed by atoms with van der Waals surface area (Å²) in [5.41, 5.74) is 0.511. The fraction of sp³-hybridized carbons (Fsp3) is 0.368. The van der Waals surface area contributed by atoms with Gasteiger partial charge in [-0.25, -0.2) is 0 Å². The molecule has 2 aromatic heterocycles. The Morgan fingerprint density at radius 2 is 1.90 bits per heavy atom. The van der Waals surface area contributed by atoms with Crippen LogP contribution in [0.4, 0.5) is 13.2 Å². The Hall–Kier alpha value is -3.57. The summed E-state index contributed by atoms with van der Waals surface area (Å²) in [6.07, 6.45) is -3.66. The number of aryl methyl sites for hydroxylation is 1. The lowest BCUT2D eigenvalue weighted by molar-refractivity contribution is -0.159. The molecule has 3 rings (SSSR count). The molecule has 0 spiro atoms. The van der Waals surface area contributed by atoms with Crippen molar-refractivity contribution in [3.8, 4) is 22.9 Å². The Balaban J connectivity index is 1.58. The fourth-order valence-corrected chi connectivity index (χ4v) is 2.57. The molecule has 31 heavy (non-hydrogen) atoms. The molecule has 0 N–H and O–H groups in total. The first-order valence-corrected chi connectivity index (χ1v) is 9.08. The van der Waals surface area contributed by atoms with E-state index in [-0.39, 0.29) is 23.0 Å². The van der Waals surface area contributed by atoms with Crippen LogP contribution in [-0.4, -0.2) is 53.9 Å². The SMILES string of the molecule is COc1cc(-c2noc(C(F)(F)F)n2)ccc1OCCCc1cc(C(=O)N(C)C)no1. The number of ether oxygens (including phenoxy) is 2. The second-order valence-electron chi connectivity index (χ2n) is 6.62. The van der Waals surface area contributed by atoms with E-state index in [9.17, 15) is 18.0 Å². The van der Waals surface area contributed by atoms with Gasteiger partial charge in [0, 0.05) is 32.1 Å². The van der Waals surface area contributed by atoms with Crippen LogP contribution in [0.25, 0.3) is 11.4 Å². The molecule has 0 radical (unpaired) electrons. The predicted molar refractivity (Wildman–Crippen MR) is 99.6 cm³/mol. The van der Waals surface area contributed by atoms with Gasteiger partial charge in [-0.05, 0) is 24.6 Å². The Morgan fingerprint density at radius 3 is 2.55 bits per heavy atom. The number of benzene rings is 1. The highest BCUT2D eigenvalue weighted by atomic mass is 19.4. The van der Waals surface area contributed by atoms with Gasteiger partial charge in [-0.3, -0.25) is 4.79 Å². The van der Waals surface area contributed by atoms with Crippen molar-refractivity contribution in [1.29, 1.82) is 0 Å². The van der Waals surface area contributed by atoms with Gasteiger partial charge in [0.05, 0.1) is 13.7 Å². The number of nitrogens with zero attached hydrogens (tertiary/aromatic N) is 4. The summed E-state index contributed by atoms with van der Waals surface area (Å²) >= 11 is 0. The number of halogens is 3. The number of rotatable bonds is 8. The maximum absolute atomic E-state index is 12.6. The molecule has 0 unspecified atom stereocenters. The van der Waals surface area contributed by atoms with E-state index in [2.05, 4.69) is 19.8 Å². The molecule has 0 fully saturated rings. The number of carbonyl (C=O) groups is 1. The van der Waals surface area contributed by atoms with E-state index < -0.39 is 12.1 Å². The number of amides is 1. The molecule has 0 aliphatic carbocycles. The Morgan fingerprint density at radius 1 is 1.13 bits per heavy atom. The van der Waals surface area contributed by atoms with Crippen LogP contribution < -0.4 is 9.47 Å². The molecule has 0 saturated carbocycles. The van der Waals surface area contributed by atoms with Gasteiger partial charge >= 0.3 is 12.1 Å². The van der Waals surface area contributed by atoms with Crippen LogP contribution >= 0.6 is 0 Å². The maximum Gasteiger partial charge on any atom is 0.471 e. The summed E-state index contributed by atoms with van der Waals surface area (Å²) in [5, 5.41) is 7.09. The summed E-state index contributed by atoms with van der Waals surface area (Å²) < 4.78 is 58.2. The van der Waals surface area contributed by atoms with Gasteiger partial charge in [0.15, 0.2) is 17.2 Å². The van der Waals surface area contributed by atoms with E-state index in [0.717, 1.165) is 0 Å². The molecule has 9 nitrogen and oxygen atoms in total. The first-order chi connectivity index (χ1) is 14.7. The molecule has 0 saturated heterocycles. The molecule has 1 amide bonds. The highest BCUT2D eigenvalue weighted by Crippen LogP contribution is 2.33. The number of carbonyl (C=O) groups excluding carboxylic acids is 1. The molecule has 1 aromatic carbocycles. The number of hydrogen-bond donors (Lipinski definition) is 0. The van der Waals surface area contributed by atoms with Crippen molar-refractivity contribution in [3.63, 3.8) is 0 Å². The van der Waals surface area contributed by atoms with E-state index >= 15 is 0 Å². The zero-order valence-corrected chi connectivity index (χ0v) is 16.9. The molecule has 12 heteroatoms. The number of hydrogen-bond acceptors (Lipinski definition) is 8. The molecule has 0 atom stereocenters. The summed E-state index contributed by atoms with van der Waals surface area (Å²) in [6.45, 7) is 0.299. The summed E-state index contributed by atoms with van der Waals surface area (Å²) in [6, 6.07) is 6.08. The normalized spacial score (nSPS) is 11.4. The monoisotopic (exact) mass is 440 g/mol. The van der Waals surface area contributed by atoms with E-state index in [1.54, 1.807) is 26.2 Å². The first kappa shape index (κ1) is 22.1.